The Morgan fingerprint density at radius 3 is 2.03 bits per heavy atom. The highest BCUT2D eigenvalue weighted by molar-refractivity contribution is 5.97. The van der Waals surface area contributed by atoms with Gasteiger partial charge in [0, 0.05) is 37.2 Å². The predicted molar refractivity (Wildman–Crippen MR) is 120 cm³/mol. The van der Waals surface area contributed by atoms with E-state index in [1.54, 1.807) is 24.3 Å². The molecule has 0 saturated carbocycles. The largest absolute Gasteiger partial charge is 0.480 e. The van der Waals surface area contributed by atoms with Crippen molar-refractivity contribution in [2.75, 3.05) is 32.7 Å². The van der Waals surface area contributed by atoms with E-state index < -0.39 is 12.0 Å². The topological polar surface area (TPSA) is 113 Å². The lowest BCUT2D eigenvalue weighted by molar-refractivity contribution is -0.138. The average molecular weight is 426 g/mol. The summed E-state index contributed by atoms with van der Waals surface area (Å²) in [6.45, 7) is 2.67. The van der Waals surface area contributed by atoms with Gasteiger partial charge in [-0.15, -0.1) is 0 Å². The van der Waals surface area contributed by atoms with Crippen LogP contribution in [0.1, 0.15) is 40.0 Å². The second-order valence-corrected chi connectivity index (χ2v) is 7.43. The van der Waals surface area contributed by atoms with Gasteiger partial charge < -0.3 is 21.1 Å². The van der Waals surface area contributed by atoms with Crippen molar-refractivity contribution in [1.29, 1.82) is 0 Å². The molecule has 0 aliphatic heterocycles. The zero-order chi connectivity index (χ0) is 22.5. The molecule has 1 atom stereocenters. The van der Waals surface area contributed by atoms with Crippen LogP contribution in [-0.4, -0.2) is 66.3 Å². The molecule has 0 unspecified atom stereocenters. The smallest absolute Gasteiger partial charge is 0.320 e. The van der Waals surface area contributed by atoms with Crippen molar-refractivity contribution in [1.82, 2.24) is 10.2 Å². The molecule has 0 aliphatic carbocycles. The Bertz CT molecular complexity index is 827. The lowest BCUT2D eigenvalue weighted by atomic mass is 10.1. The molecule has 7 heteroatoms. The number of aliphatic carboxylic acids is 1. The average Bonchev–Trinajstić information content (AvgIpc) is 2.80. The van der Waals surface area contributed by atoms with Gasteiger partial charge in [0.2, 0.25) is 0 Å². The number of rotatable bonds is 15. The van der Waals surface area contributed by atoms with Crippen LogP contribution in [0.25, 0.3) is 0 Å². The maximum Gasteiger partial charge on any atom is 0.320 e. The summed E-state index contributed by atoms with van der Waals surface area (Å²) in [6, 6.07) is 17.4. The fourth-order valence-electron chi connectivity index (χ4n) is 3.19. The molecule has 0 fully saturated rings. The van der Waals surface area contributed by atoms with Crippen LogP contribution in [0.5, 0.6) is 0 Å². The Morgan fingerprint density at radius 2 is 1.45 bits per heavy atom. The van der Waals surface area contributed by atoms with E-state index in [-0.39, 0.29) is 18.1 Å². The van der Waals surface area contributed by atoms with E-state index in [0.29, 0.717) is 56.6 Å². The molecule has 0 saturated heterocycles. The van der Waals surface area contributed by atoms with E-state index in [1.807, 2.05) is 36.4 Å². The summed E-state index contributed by atoms with van der Waals surface area (Å²) in [5.41, 5.74) is 6.94. The standard InChI is InChI=1S/C24H31N3O4/c25-21(24(30)31)12-7-15-27(16-13-22(28)19-8-3-1-4-9-19)17-14-26-18-23(29)20-10-5-2-6-11-20/h1-6,8-11,21,26H,7,12-18,25H2,(H,30,31)/t21-/m0/s1. The van der Waals surface area contributed by atoms with Crippen molar-refractivity contribution in [3.63, 3.8) is 0 Å². The summed E-state index contributed by atoms with van der Waals surface area (Å²) in [7, 11) is 0. The number of ketones is 2. The molecule has 4 N–H and O–H groups in total. The molecule has 31 heavy (non-hydrogen) atoms. The van der Waals surface area contributed by atoms with E-state index in [1.165, 1.54) is 0 Å². The predicted octanol–water partition coefficient (Wildman–Crippen LogP) is 2.23. The minimum atomic E-state index is -1.01. The van der Waals surface area contributed by atoms with Crippen LogP contribution < -0.4 is 11.1 Å². The minimum absolute atomic E-state index is 0.0267. The minimum Gasteiger partial charge on any atom is -0.480 e. The van der Waals surface area contributed by atoms with Gasteiger partial charge in [0.15, 0.2) is 11.6 Å². The number of hydrogen-bond donors (Lipinski definition) is 3. The Hall–Kier alpha value is -2.87. The van der Waals surface area contributed by atoms with Gasteiger partial charge in [-0.2, -0.15) is 0 Å². The first-order valence-electron chi connectivity index (χ1n) is 10.6. The normalized spacial score (nSPS) is 11.9. The molecule has 0 heterocycles. The van der Waals surface area contributed by atoms with Gasteiger partial charge in [-0.05, 0) is 19.4 Å². The van der Waals surface area contributed by atoms with Crippen molar-refractivity contribution < 1.29 is 19.5 Å². The van der Waals surface area contributed by atoms with Crippen LogP contribution in [0, 0.1) is 0 Å². The molecule has 0 amide bonds. The first-order valence-corrected chi connectivity index (χ1v) is 10.6. The number of carboxylic acid groups (broad SMARTS) is 1. The van der Waals surface area contributed by atoms with Gasteiger partial charge in [0.05, 0.1) is 6.54 Å². The summed E-state index contributed by atoms with van der Waals surface area (Å²) >= 11 is 0. The number of carbonyl (C=O) groups excluding carboxylic acids is 2. The molecule has 2 aromatic carbocycles. The lowest BCUT2D eigenvalue weighted by Crippen LogP contribution is -2.37. The van der Waals surface area contributed by atoms with Gasteiger partial charge >= 0.3 is 5.97 Å². The maximum atomic E-state index is 12.4. The van der Waals surface area contributed by atoms with Gasteiger partial charge in [-0.1, -0.05) is 60.7 Å². The van der Waals surface area contributed by atoms with Crippen LogP contribution in [0.15, 0.2) is 60.7 Å². The Kier molecular flexibility index (Phi) is 10.6. The lowest BCUT2D eigenvalue weighted by Gasteiger charge is -2.22. The SMILES string of the molecule is N[C@@H](CCCN(CCNCC(=O)c1ccccc1)CCC(=O)c1ccccc1)C(=O)O. The molecule has 0 spiro atoms. The number of Topliss-reactive ketones (excluding diaryl/α,β-unsaturated/α-hetero) is 2. The quantitative estimate of drug-likeness (QED) is 0.296. The zero-order valence-corrected chi connectivity index (χ0v) is 17.7. The van der Waals surface area contributed by atoms with E-state index in [4.69, 9.17) is 10.8 Å². The summed E-state index contributed by atoms with van der Waals surface area (Å²) in [4.78, 5) is 37.6. The number of nitrogens with two attached hydrogens (primary N) is 1. The molecular formula is C24H31N3O4. The van der Waals surface area contributed by atoms with Crippen molar-refractivity contribution in [3.05, 3.63) is 71.8 Å². The zero-order valence-electron chi connectivity index (χ0n) is 17.7. The van der Waals surface area contributed by atoms with Crippen molar-refractivity contribution in [2.24, 2.45) is 5.73 Å². The summed E-state index contributed by atoms with van der Waals surface area (Å²) in [5.74, 6) is -0.911. The fourth-order valence-corrected chi connectivity index (χ4v) is 3.19. The van der Waals surface area contributed by atoms with E-state index in [0.717, 1.165) is 0 Å². The van der Waals surface area contributed by atoms with Crippen molar-refractivity contribution in [3.8, 4) is 0 Å². The van der Waals surface area contributed by atoms with Crippen LogP contribution in [-0.2, 0) is 4.79 Å². The third kappa shape index (κ3) is 9.21. The molecule has 0 aliphatic rings. The van der Waals surface area contributed by atoms with E-state index in [9.17, 15) is 14.4 Å². The van der Waals surface area contributed by atoms with Gasteiger partial charge in [-0.3, -0.25) is 14.4 Å². The highest BCUT2D eigenvalue weighted by Gasteiger charge is 2.14. The molecular weight excluding hydrogens is 394 g/mol. The summed E-state index contributed by atoms with van der Waals surface area (Å²) < 4.78 is 0. The van der Waals surface area contributed by atoms with Gasteiger partial charge in [0.25, 0.3) is 0 Å². The molecule has 2 aromatic rings. The molecule has 0 bridgehead atoms. The van der Waals surface area contributed by atoms with Crippen LogP contribution >= 0.6 is 0 Å². The number of nitrogens with one attached hydrogen (secondary N) is 1. The van der Waals surface area contributed by atoms with Crippen molar-refractivity contribution in [2.45, 2.75) is 25.3 Å². The van der Waals surface area contributed by atoms with Crippen LogP contribution in [0.3, 0.4) is 0 Å². The third-order valence-corrected chi connectivity index (χ3v) is 5.04. The number of hydrogen-bond acceptors (Lipinski definition) is 6. The van der Waals surface area contributed by atoms with E-state index in [2.05, 4.69) is 10.2 Å². The molecule has 0 radical (unpaired) electrons. The first kappa shape index (κ1) is 24.4. The second kappa shape index (κ2) is 13.4. The second-order valence-electron chi connectivity index (χ2n) is 7.43. The van der Waals surface area contributed by atoms with Gasteiger partial charge in [0.1, 0.15) is 6.04 Å². The number of benzene rings is 2. The number of nitrogens with zero attached hydrogens (tertiary/aromatic N) is 1. The maximum absolute atomic E-state index is 12.4. The fraction of sp³-hybridized carbons (Fsp3) is 0.375. The highest BCUT2D eigenvalue weighted by atomic mass is 16.4. The first-order chi connectivity index (χ1) is 15.0. The molecule has 2 rings (SSSR count). The van der Waals surface area contributed by atoms with E-state index >= 15 is 0 Å². The van der Waals surface area contributed by atoms with Gasteiger partial charge in [-0.25, -0.2) is 0 Å². The molecule has 166 valence electrons. The van der Waals surface area contributed by atoms with Crippen LogP contribution in [0.4, 0.5) is 0 Å². The Balaban J connectivity index is 1.80. The molecule has 7 nitrogen and oxygen atoms in total. The summed E-state index contributed by atoms with van der Waals surface area (Å²) in [5, 5.41) is 12.1. The Labute approximate surface area is 183 Å². The number of carbonyl (C=O) groups is 3. The Morgan fingerprint density at radius 1 is 0.871 bits per heavy atom. The summed E-state index contributed by atoms with van der Waals surface area (Å²) in [6.07, 6.45) is 1.37. The number of carboxylic acids is 1. The monoisotopic (exact) mass is 425 g/mol. The molecule has 0 aromatic heterocycles. The van der Waals surface area contributed by atoms with Crippen molar-refractivity contribution >= 4 is 17.5 Å². The van der Waals surface area contributed by atoms with Crippen LogP contribution in [0.2, 0.25) is 0 Å². The third-order valence-electron chi connectivity index (χ3n) is 5.04. The highest BCUT2D eigenvalue weighted by Crippen LogP contribution is 2.06.